The van der Waals surface area contributed by atoms with Gasteiger partial charge in [0.1, 0.15) is 0 Å². The molecule has 1 amide bonds. The first-order valence-electron chi connectivity index (χ1n) is 9.12. The third kappa shape index (κ3) is 4.62. The predicted octanol–water partition coefficient (Wildman–Crippen LogP) is 2.93. The minimum atomic E-state index is -0.438. The first-order valence-corrected chi connectivity index (χ1v) is 9.12. The SMILES string of the molecule is CCOC(=O)CCNC(=O)c1nc(-c2ccccc2)n(-c2ccc(C)cc2)n1. The molecular weight excluding hydrogens is 356 g/mol. The summed E-state index contributed by atoms with van der Waals surface area (Å²) in [4.78, 5) is 28.3. The fraction of sp³-hybridized carbons (Fsp3) is 0.238. The Balaban J connectivity index is 1.85. The molecule has 0 aliphatic carbocycles. The molecule has 1 heterocycles. The van der Waals surface area contributed by atoms with Crippen molar-refractivity contribution in [1.82, 2.24) is 20.1 Å². The van der Waals surface area contributed by atoms with Crippen LogP contribution in [0.25, 0.3) is 17.1 Å². The van der Waals surface area contributed by atoms with Gasteiger partial charge in [-0.1, -0.05) is 48.0 Å². The highest BCUT2D eigenvalue weighted by molar-refractivity contribution is 5.91. The van der Waals surface area contributed by atoms with Crippen LogP contribution in [0.3, 0.4) is 0 Å². The van der Waals surface area contributed by atoms with E-state index < -0.39 is 5.91 Å². The molecule has 1 aromatic heterocycles. The predicted molar refractivity (Wildman–Crippen MR) is 105 cm³/mol. The molecule has 0 spiro atoms. The summed E-state index contributed by atoms with van der Waals surface area (Å²) in [6, 6.07) is 17.4. The van der Waals surface area contributed by atoms with Crippen LogP contribution in [0.1, 0.15) is 29.5 Å². The second-order valence-electron chi connectivity index (χ2n) is 6.18. The summed E-state index contributed by atoms with van der Waals surface area (Å²) in [5.74, 6) is -0.179. The minimum absolute atomic E-state index is 0.0447. The lowest BCUT2D eigenvalue weighted by Gasteiger charge is -2.06. The molecule has 0 bridgehead atoms. The van der Waals surface area contributed by atoms with E-state index in [1.807, 2.05) is 61.5 Å². The van der Waals surface area contributed by atoms with Gasteiger partial charge in [-0.3, -0.25) is 9.59 Å². The van der Waals surface area contributed by atoms with Gasteiger partial charge in [-0.2, -0.15) is 0 Å². The van der Waals surface area contributed by atoms with Crippen LogP contribution in [0.5, 0.6) is 0 Å². The maximum atomic E-state index is 12.5. The molecule has 0 aliphatic rings. The van der Waals surface area contributed by atoms with Gasteiger partial charge in [0.15, 0.2) is 5.82 Å². The van der Waals surface area contributed by atoms with Crippen LogP contribution in [-0.4, -0.2) is 39.8 Å². The smallest absolute Gasteiger partial charge is 0.307 e. The quantitative estimate of drug-likeness (QED) is 0.639. The van der Waals surface area contributed by atoms with E-state index in [2.05, 4.69) is 15.4 Å². The number of carbonyl (C=O) groups excluding carboxylic acids is 2. The van der Waals surface area contributed by atoms with E-state index in [1.165, 1.54) is 0 Å². The fourth-order valence-electron chi connectivity index (χ4n) is 2.64. The lowest BCUT2D eigenvalue weighted by atomic mass is 10.2. The summed E-state index contributed by atoms with van der Waals surface area (Å²) in [5, 5.41) is 7.06. The number of rotatable bonds is 7. The van der Waals surface area contributed by atoms with Crippen LogP contribution < -0.4 is 5.32 Å². The van der Waals surface area contributed by atoms with Crippen molar-refractivity contribution in [2.24, 2.45) is 0 Å². The Labute approximate surface area is 163 Å². The monoisotopic (exact) mass is 378 g/mol. The minimum Gasteiger partial charge on any atom is -0.466 e. The molecule has 0 radical (unpaired) electrons. The van der Waals surface area contributed by atoms with Gasteiger partial charge in [0.2, 0.25) is 5.82 Å². The summed E-state index contributed by atoms with van der Waals surface area (Å²) < 4.78 is 6.50. The van der Waals surface area contributed by atoms with Gasteiger partial charge in [0, 0.05) is 12.1 Å². The number of carbonyl (C=O) groups is 2. The molecule has 7 heteroatoms. The summed E-state index contributed by atoms with van der Waals surface area (Å²) in [6.07, 6.45) is 0.101. The van der Waals surface area contributed by atoms with Gasteiger partial charge in [-0.25, -0.2) is 9.67 Å². The Kier molecular flexibility index (Phi) is 6.16. The Hall–Kier alpha value is -3.48. The van der Waals surface area contributed by atoms with E-state index in [4.69, 9.17) is 4.74 Å². The van der Waals surface area contributed by atoms with E-state index in [0.29, 0.717) is 12.4 Å². The molecule has 3 rings (SSSR count). The van der Waals surface area contributed by atoms with Crippen LogP contribution in [0.2, 0.25) is 0 Å². The number of hydrogen-bond acceptors (Lipinski definition) is 5. The number of aryl methyl sites for hydroxylation is 1. The number of hydrogen-bond donors (Lipinski definition) is 1. The third-order valence-corrected chi connectivity index (χ3v) is 4.04. The van der Waals surface area contributed by atoms with Crippen molar-refractivity contribution < 1.29 is 14.3 Å². The summed E-state index contributed by atoms with van der Waals surface area (Å²) in [6.45, 7) is 4.22. The van der Waals surface area contributed by atoms with Crippen LogP contribution in [-0.2, 0) is 9.53 Å². The highest BCUT2D eigenvalue weighted by atomic mass is 16.5. The van der Waals surface area contributed by atoms with Crippen molar-refractivity contribution in [3.05, 3.63) is 66.0 Å². The lowest BCUT2D eigenvalue weighted by molar-refractivity contribution is -0.142. The molecule has 144 valence electrons. The standard InChI is InChI=1S/C21H22N4O3/c1-3-28-18(26)13-14-22-21(27)19-23-20(16-7-5-4-6-8-16)25(24-19)17-11-9-15(2)10-12-17/h4-12H,3,13-14H2,1-2H3,(H,22,27). The van der Waals surface area contributed by atoms with Gasteiger partial charge < -0.3 is 10.1 Å². The molecule has 1 N–H and O–H groups in total. The third-order valence-electron chi connectivity index (χ3n) is 4.04. The highest BCUT2D eigenvalue weighted by Gasteiger charge is 2.18. The highest BCUT2D eigenvalue weighted by Crippen LogP contribution is 2.21. The van der Waals surface area contributed by atoms with Crippen molar-refractivity contribution in [2.75, 3.05) is 13.2 Å². The largest absolute Gasteiger partial charge is 0.466 e. The fourth-order valence-corrected chi connectivity index (χ4v) is 2.64. The maximum absolute atomic E-state index is 12.5. The molecule has 7 nitrogen and oxygen atoms in total. The van der Waals surface area contributed by atoms with Crippen molar-refractivity contribution >= 4 is 11.9 Å². The number of nitrogens with zero attached hydrogens (tertiary/aromatic N) is 3. The number of amides is 1. The van der Waals surface area contributed by atoms with Crippen LogP contribution in [0.4, 0.5) is 0 Å². The van der Waals surface area contributed by atoms with Crippen molar-refractivity contribution in [1.29, 1.82) is 0 Å². The van der Waals surface area contributed by atoms with Gasteiger partial charge >= 0.3 is 5.97 Å². The molecule has 0 saturated heterocycles. The topological polar surface area (TPSA) is 86.1 Å². The Bertz CT molecular complexity index is 950. The Morgan fingerprint density at radius 1 is 1.07 bits per heavy atom. The first-order chi connectivity index (χ1) is 13.6. The molecule has 0 aliphatic heterocycles. The van der Waals surface area contributed by atoms with E-state index >= 15 is 0 Å². The summed E-state index contributed by atoms with van der Waals surface area (Å²) in [7, 11) is 0. The molecular formula is C21H22N4O3. The van der Waals surface area contributed by atoms with Crippen molar-refractivity contribution in [3.8, 4) is 17.1 Å². The molecule has 0 unspecified atom stereocenters. The van der Waals surface area contributed by atoms with Gasteiger partial charge in [-0.15, -0.1) is 5.10 Å². The molecule has 0 atom stereocenters. The zero-order valence-electron chi connectivity index (χ0n) is 15.9. The Morgan fingerprint density at radius 2 is 1.79 bits per heavy atom. The second kappa shape index (κ2) is 8.94. The molecule has 2 aromatic carbocycles. The zero-order valence-corrected chi connectivity index (χ0v) is 15.9. The second-order valence-corrected chi connectivity index (χ2v) is 6.18. The average Bonchev–Trinajstić information content (AvgIpc) is 3.15. The van der Waals surface area contributed by atoms with Gasteiger partial charge in [0.25, 0.3) is 5.91 Å². The van der Waals surface area contributed by atoms with Crippen molar-refractivity contribution in [3.63, 3.8) is 0 Å². The maximum Gasteiger partial charge on any atom is 0.307 e. The van der Waals surface area contributed by atoms with Crippen LogP contribution in [0.15, 0.2) is 54.6 Å². The molecule has 3 aromatic rings. The molecule has 0 fully saturated rings. The van der Waals surface area contributed by atoms with Crippen molar-refractivity contribution in [2.45, 2.75) is 20.3 Å². The zero-order chi connectivity index (χ0) is 19.9. The van der Waals surface area contributed by atoms with Crippen LogP contribution in [0, 0.1) is 6.92 Å². The number of benzene rings is 2. The molecule has 28 heavy (non-hydrogen) atoms. The van der Waals surface area contributed by atoms with E-state index in [9.17, 15) is 9.59 Å². The van der Waals surface area contributed by atoms with E-state index in [0.717, 1.165) is 16.8 Å². The summed E-state index contributed by atoms with van der Waals surface area (Å²) in [5.41, 5.74) is 2.78. The average molecular weight is 378 g/mol. The summed E-state index contributed by atoms with van der Waals surface area (Å²) >= 11 is 0. The van der Waals surface area contributed by atoms with Gasteiger partial charge in [-0.05, 0) is 26.0 Å². The van der Waals surface area contributed by atoms with Gasteiger partial charge in [0.05, 0.1) is 18.7 Å². The van der Waals surface area contributed by atoms with Crippen LogP contribution >= 0.6 is 0 Å². The number of ether oxygens (including phenoxy) is 1. The number of nitrogens with one attached hydrogen (secondary N) is 1. The number of esters is 1. The van der Waals surface area contributed by atoms with E-state index in [1.54, 1.807) is 11.6 Å². The first kappa shape index (κ1) is 19.3. The number of aromatic nitrogens is 3. The van der Waals surface area contributed by atoms with E-state index in [-0.39, 0.29) is 24.8 Å². The lowest BCUT2D eigenvalue weighted by Crippen LogP contribution is -2.27. The normalized spacial score (nSPS) is 10.5. The molecule has 0 saturated carbocycles. The Morgan fingerprint density at radius 3 is 2.46 bits per heavy atom.